The molecule has 1 rings (SSSR count). The van der Waals surface area contributed by atoms with Gasteiger partial charge in [0, 0.05) is 18.6 Å². The van der Waals surface area contributed by atoms with Crippen LogP contribution in [0.3, 0.4) is 0 Å². The summed E-state index contributed by atoms with van der Waals surface area (Å²) >= 11 is 1.20. The highest BCUT2D eigenvalue weighted by Crippen LogP contribution is 2.21. The first-order valence-electron chi connectivity index (χ1n) is 9.12. The van der Waals surface area contributed by atoms with Crippen molar-refractivity contribution in [2.45, 2.75) is 72.1 Å². The molecule has 1 aromatic heterocycles. The van der Waals surface area contributed by atoms with E-state index in [1.54, 1.807) is 0 Å². The summed E-state index contributed by atoms with van der Waals surface area (Å²) in [6.45, 7) is 11.1. The van der Waals surface area contributed by atoms with Gasteiger partial charge in [0.05, 0.1) is 6.20 Å². The van der Waals surface area contributed by atoms with Gasteiger partial charge in [-0.1, -0.05) is 45.5 Å². The molecule has 144 valence electrons. The van der Waals surface area contributed by atoms with E-state index in [9.17, 15) is 9.90 Å². The van der Waals surface area contributed by atoms with Crippen LogP contribution in [0, 0.1) is 5.92 Å². The number of nitrogens with one attached hydrogen (secondary N) is 2. The van der Waals surface area contributed by atoms with E-state index in [0.29, 0.717) is 28.6 Å². The summed E-state index contributed by atoms with van der Waals surface area (Å²) in [4.78, 5) is 16.9. The molecular formula is C18H33N3O3S. The second kappa shape index (κ2) is 11.4. The Balaban J connectivity index is 2.37. The van der Waals surface area contributed by atoms with E-state index in [1.807, 2.05) is 20.8 Å². The van der Waals surface area contributed by atoms with Gasteiger partial charge in [0.2, 0.25) is 0 Å². The maximum Gasteiger partial charge on any atom is 0.273 e. The highest BCUT2D eigenvalue weighted by atomic mass is 32.1. The topological polar surface area (TPSA) is 83.5 Å². The zero-order valence-electron chi connectivity index (χ0n) is 16.0. The highest BCUT2D eigenvalue weighted by molar-refractivity contribution is 7.15. The van der Waals surface area contributed by atoms with Gasteiger partial charge in [0.25, 0.3) is 11.1 Å². The number of carbonyl (C=O) groups excluding carboxylic acids is 1. The Morgan fingerprint density at radius 2 is 2.04 bits per heavy atom. The number of hydrogen-bond donors (Lipinski definition) is 3. The third-order valence-electron chi connectivity index (χ3n) is 4.04. The maximum absolute atomic E-state index is 12.2. The number of aliphatic hydroxyl groups excluding tert-OH is 1. The summed E-state index contributed by atoms with van der Waals surface area (Å²) in [7, 11) is 0. The first-order chi connectivity index (χ1) is 11.8. The second-order valence-electron chi connectivity index (χ2n) is 6.98. The van der Waals surface area contributed by atoms with Crippen LogP contribution >= 0.6 is 11.3 Å². The Bertz CT molecular complexity index is 508. The molecule has 7 heteroatoms. The van der Waals surface area contributed by atoms with E-state index >= 15 is 0 Å². The van der Waals surface area contributed by atoms with Crippen molar-refractivity contribution in [2.24, 2.45) is 5.92 Å². The Hall–Kier alpha value is -1.18. The highest BCUT2D eigenvalue weighted by Gasteiger charge is 2.15. The molecule has 0 aliphatic heterocycles. The van der Waals surface area contributed by atoms with Crippen molar-refractivity contribution >= 4 is 17.2 Å². The van der Waals surface area contributed by atoms with Crippen LogP contribution in [0.1, 0.15) is 63.6 Å². The van der Waals surface area contributed by atoms with Gasteiger partial charge in [-0.25, -0.2) is 4.98 Å². The minimum Gasteiger partial charge on any atom is -0.467 e. The van der Waals surface area contributed by atoms with E-state index in [0.717, 1.165) is 19.3 Å². The molecule has 0 aromatic carbocycles. The fraction of sp³-hybridized carbons (Fsp3) is 0.778. The predicted molar refractivity (Wildman–Crippen MR) is 102 cm³/mol. The lowest BCUT2D eigenvalue weighted by Gasteiger charge is -2.15. The first kappa shape index (κ1) is 21.9. The van der Waals surface area contributed by atoms with Crippen molar-refractivity contribution < 1.29 is 14.6 Å². The van der Waals surface area contributed by atoms with Crippen LogP contribution in [-0.4, -0.2) is 47.3 Å². The molecule has 1 amide bonds. The van der Waals surface area contributed by atoms with Gasteiger partial charge in [-0.15, -0.1) is 0 Å². The van der Waals surface area contributed by atoms with Crippen LogP contribution in [-0.2, 0) is 0 Å². The zero-order chi connectivity index (χ0) is 18.8. The Kier molecular flexibility index (Phi) is 10.0. The van der Waals surface area contributed by atoms with Crippen molar-refractivity contribution in [2.75, 3.05) is 13.2 Å². The third-order valence-corrected chi connectivity index (χ3v) is 4.94. The number of aliphatic hydroxyl groups is 1. The summed E-state index contributed by atoms with van der Waals surface area (Å²) in [6.07, 6.45) is 4.16. The van der Waals surface area contributed by atoms with Gasteiger partial charge in [0.15, 0.2) is 0 Å². The maximum atomic E-state index is 12.2. The van der Waals surface area contributed by atoms with Crippen molar-refractivity contribution in [3.63, 3.8) is 0 Å². The van der Waals surface area contributed by atoms with Crippen molar-refractivity contribution in [1.29, 1.82) is 0 Å². The molecule has 0 fully saturated rings. The summed E-state index contributed by atoms with van der Waals surface area (Å²) < 4.78 is 5.47. The monoisotopic (exact) mass is 371 g/mol. The normalized spacial score (nSPS) is 15.0. The average molecular weight is 372 g/mol. The van der Waals surface area contributed by atoms with Crippen LogP contribution in [0.15, 0.2) is 6.20 Å². The first-order valence-corrected chi connectivity index (χ1v) is 9.94. The smallest absolute Gasteiger partial charge is 0.273 e. The van der Waals surface area contributed by atoms with Crippen LogP contribution in [0.4, 0.5) is 0 Å². The summed E-state index contributed by atoms with van der Waals surface area (Å²) in [6, 6.07) is 0.448. The number of ether oxygens (including phenoxy) is 1. The van der Waals surface area contributed by atoms with Crippen LogP contribution in [0.5, 0.6) is 5.19 Å². The molecule has 0 radical (unpaired) electrons. The Morgan fingerprint density at radius 3 is 2.68 bits per heavy atom. The number of amides is 1. The van der Waals surface area contributed by atoms with Crippen molar-refractivity contribution in [3.05, 3.63) is 11.1 Å². The number of aromatic nitrogens is 1. The van der Waals surface area contributed by atoms with Crippen LogP contribution in [0.25, 0.3) is 0 Å². The third kappa shape index (κ3) is 9.18. The van der Waals surface area contributed by atoms with Gasteiger partial charge in [-0.2, -0.15) is 0 Å². The Labute approximate surface area is 155 Å². The van der Waals surface area contributed by atoms with Gasteiger partial charge < -0.3 is 20.5 Å². The number of carbonyl (C=O) groups is 1. The SMILES string of the molecule is CCC(C)CCC(C)NC(=O)c1cnc(OCC(O)CNC(C)C)s1. The molecule has 25 heavy (non-hydrogen) atoms. The molecule has 1 aromatic rings. The molecule has 0 saturated heterocycles. The minimum absolute atomic E-state index is 0.119. The number of thiazole rings is 1. The standard InChI is InChI=1S/C18H33N3O3S/c1-6-13(4)7-8-14(5)21-17(23)16-10-20-18(25-16)24-11-15(22)9-19-12(2)3/h10,12-15,19,22H,6-9,11H2,1-5H3,(H,21,23). The van der Waals surface area contributed by atoms with Crippen LogP contribution < -0.4 is 15.4 Å². The molecule has 6 nitrogen and oxygen atoms in total. The molecule has 0 aliphatic rings. The average Bonchev–Trinajstić information content (AvgIpc) is 3.05. The molecule has 3 unspecified atom stereocenters. The quantitative estimate of drug-likeness (QED) is 0.526. The fourth-order valence-corrected chi connectivity index (χ4v) is 2.81. The van der Waals surface area contributed by atoms with E-state index in [1.165, 1.54) is 17.5 Å². The molecule has 1 heterocycles. The number of hydrogen-bond acceptors (Lipinski definition) is 6. The lowest BCUT2D eigenvalue weighted by atomic mass is 10.00. The van der Waals surface area contributed by atoms with Gasteiger partial charge >= 0.3 is 0 Å². The minimum atomic E-state index is -0.607. The van der Waals surface area contributed by atoms with E-state index in [2.05, 4.69) is 29.5 Å². The van der Waals surface area contributed by atoms with E-state index in [-0.39, 0.29) is 18.6 Å². The zero-order valence-corrected chi connectivity index (χ0v) is 16.9. The van der Waals surface area contributed by atoms with Gasteiger partial charge in [-0.05, 0) is 25.7 Å². The van der Waals surface area contributed by atoms with Gasteiger partial charge in [-0.3, -0.25) is 4.79 Å². The number of nitrogens with zero attached hydrogens (tertiary/aromatic N) is 1. The van der Waals surface area contributed by atoms with Gasteiger partial charge in [0.1, 0.15) is 17.6 Å². The lowest BCUT2D eigenvalue weighted by Crippen LogP contribution is -2.35. The molecule has 3 N–H and O–H groups in total. The van der Waals surface area contributed by atoms with E-state index < -0.39 is 6.10 Å². The second-order valence-corrected chi connectivity index (χ2v) is 7.98. The number of rotatable bonds is 12. The predicted octanol–water partition coefficient (Wildman–Crippen LogP) is 2.83. The molecule has 0 saturated carbocycles. The molecular weight excluding hydrogens is 338 g/mol. The van der Waals surface area contributed by atoms with Crippen LogP contribution in [0.2, 0.25) is 0 Å². The molecule has 0 spiro atoms. The van der Waals surface area contributed by atoms with Crippen molar-refractivity contribution in [1.82, 2.24) is 15.6 Å². The molecule has 3 atom stereocenters. The Morgan fingerprint density at radius 1 is 1.32 bits per heavy atom. The van der Waals surface area contributed by atoms with Crippen molar-refractivity contribution in [3.8, 4) is 5.19 Å². The summed E-state index contributed by atoms with van der Waals surface area (Å²) in [5, 5.41) is 16.4. The molecule has 0 aliphatic carbocycles. The largest absolute Gasteiger partial charge is 0.467 e. The lowest BCUT2D eigenvalue weighted by molar-refractivity contribution is 0.0941. The fourth-order valence-electron chi connectivity index (χ4n) is 2.13. The molecule has 0 bridgehead atoms. The summed E-state index contributed by atoms with van der Waals surface area (Å²) in [5.74, 6) is 0.561. The van der Waals surface area contributed by atoms with E-state index in [4.69, 9.17) is 4.74 Å². The summed E-state index contributed by atoms with van der Waals surface area (Å²) in [5.41, 5.74) is 0.